The summed E-state index contributed by atoms with van der Waals surface area (Å²) in [7, 11) is 0. The average Bonchev–Trinajstić information content (AvgIpc) is 3.00. The van der Waals surface area contributed by atoms with Crippen LogP contribution < -0.4 is 10.6 Å². The monoisotopic (exact) mass is 405 g/mol. The van der Waals surface area contributed by atoms with E-state index in [-0.39, 0.29) is 12.5 Å². The highest BCUT2D eigenvalue weighted by Crippen LogP contribution is 2.25. The van der Waals surface area contributed by atoms with Crippen LogP contribution in [-0.4, -0.2) is 17.4 Å². The van der Waals surface area contributed by atoms with Crippen molar-refractivity contribution in [3.05, 3.63) is 74.7 Å². The van der Waals surface area contributed by atoms with Crippen LogP contribution in [-0.2, 0) is 11.2 Å². The van der Waals surface area contributed by atoms with E-state index in [1.807, 2.05) is 43.3 Å². The Hall–Kier alpha value is -2.08. The van der Waals surface area contributed by atoms with Gasteiger partial charge in [-0.3, -0.25) is 4.79 Å². The molecule has 0 aliphatic heterocycles. The van der Waals surface area contributed by atoms with E-state index in [0.717, 1.165) is 16.1 Å². The number of aryl methyl sites for hydroxylation is 1. The molecule has 0 fully saturated rings. The highest BCUT2D eigenvalue weighted by atomic mass is 35.5. The minimum atomic E-state index is -0.141. The largest absolute Gasteiger partial charge is 0.376 e. The predicted octanol–water partition coefficient (Wildman–Crippen LogP) is 5.40. The molecule has 1 aromatic heterocycles. The third-order valence-electron chi connectivity index (χ3n) is 3.61. The summed E-state index contributed by atoms with van der Waals surface area (Å²) in [6, 6.07) is 13.3. The number of carbonyl (C=O) groups excluding carboxylic acids is 1. The van der Waals surface area contributed by atoms with E-state index in [1.54, 1.807) is 12.3 Å². The number of amides is 1. The van der Waals surface area contributed by atoms with E-state index in [1.165, 1.54) is 16.9 Å². The van der Waals surface area contributed by atoms with E-state index in [4.69, 9.17) is 23.2 Å². The third-order valence-corrected chi connectivity index (χ3v) is 4.95. The van der Waals surface area contributed by atoms with Crippen molar-refractivity contribution < 1.29 is 4.79 Å². The Morgan fingerprint density at radius 1 is 1.12 bits per heavy atom. The molecule has 1 amide bonds. The molecule has 1 heterocycles. The molecule has 3 aromatic rings. The molecule has 0 atom stereocenters. The fraction of sp³-hybridized carbons (Fsp3) is 0.158. The predicted molar refractivity (Wildman–Crippen MR) is 110 cm³/mol. The number of halogens is 2. The Morgan fingerprint density at radius 3 is 2.50 bits per heavy atom. The van der Waals surface area contributed by atoms with Gasteiger partial charge in [0.15, 0.2) is 5.13 Å². The number of carbonyl (C=O) groups is 1. The molecule has 0 aliphatic rings. The van der Waals surface area contributed by atoms with E-state index >= 15 is 0 Å². The molecule has 2 N–H and O–H groups in total. The Labute approximate surface area is 166 Å². The van der Waals surface area contributed by atoms with Gasteiger partial charge in [0, 0.05) is 33.2 Å². The molecule has 0 unspecified atom stereocenters. The summed E-state index contributed by atoms with van der Waals surface area (Å²) < 4.78 is 0. The Kier molecular flexibility index (Phi) is 6.14. The average molecular weight is 406 g/mol. The first-order valence-corrected chi connectivity index (χ1v) is 9.55. The van der Waals surface area contributed by atoms with Crippen LogP contribution in [0.1, 0.15) is 16.0 Å². The van der Waals surface area contributed by atoms with Crippen LogP contribution in [0.4, 0.5) is 10.8 Å². The normalized spacial score (nSPS) is 10.6. The number of anilines is 2. The second-order valence-electron chi connectivity index (χ2n) is 5.85. The lowest BCUT2D eigenvalue weighted by Crippen LogP contribution is -2.21. The van der Waals surface area contributed by atoms with Crippen LogP contribution in [0.3, 0.4) is 0 Å². The van der Waals surface area contributed by atoms with Crippen LogP contribution >= 0.6 is 34.5 Å². The maximum Gasteiger partial charge on any atom is 0.245 e. The highest BCUT2D eigenvalue weighted by Gasteiger charge is 2.08. The molecule has 2 aromatic carbocycles. The number of thiazole rings is 1. The Balaban J connectivity index is 1.54. The van der Waals surface area contributed by atoms with Gasteiger partial charge in [-0.15, -0.1) is 11.3 Å². The van der Waals surface area contributed by atoms with Crippen molar-refractivity contribution in [2.24, 2.45) is 0 Å². The number of hydrogen-bond acceptors (Lipinski definition) is 4. The molecule has 0 spiro atoms. The fourth-order valence-corrected chi connectivity index (χ4v) is 3.81. The minimum absolute atomic E-state index is 0.141. The zero-order valence-electron chi connectivity index (χ0n) is 14.1. The summed E-state index contributed by atoms with van der Waals surface area (Å²) in [4.78, 5) is 17.3. The quantitative estimate of drug-likeness (QED) is 0.576. The number of benzene rings is 2. The van der Waals surface area contributed by atoms with Crippen LogP contribution in [0, 0.1) is 6.92 Å². The van der Waals surface area contributed by atoms with Crippen molar-refractivity contribution in [2.75, 3.05) is 17.2 Å². The molecular weight excluding hydrogens is 389 g/mol. The molecule has 4 nitrogen and oxygen atoms in total. The molecular formula is C19H17Cl2N3OS. The molecule has 0 aliphatic carbocycles. The summed E-state index contributed by atoms with van der Waals surface area (Å²) in [5.74, 6) is -0.141. The van der Waals surface area contributed by atoms with E-state index in [0.29, 0.717) is 21.6 Å². The standard InChI is InChI=1S/C19H17Cl2N3OS/c1-12-2-4-16(5-3-12)22-11-18(25)24-19-23-10-17(26-19)8-13-6-14(20)9-15(21)7-13/h2-7,9-10,22H,8,11H2,1H3,(H,23,24,25). The maximum atomic E-state index is 12.1. The van der Waals surface area contributed by atoms with Crippen molar-refractivity contribution in [1.29, 1.82) is 0 Å². The van der Waals surface area contributed by atoms with Gasteiger partial charge >= 0.3 is 0 Å². The summed E-state index contributed by atoms with van der Waals surface area (Å²) in [5, 5.41) is 7.67. The zero-order valence-corrected chi connectivity index (χ0v) is 16.4. The Bertz CT molecular complexity index is 889. The van der Waals surface area contributed by atoms with Crippen molar-refractivity contribution in [3.8, 4) is 0 Å². The van der Waals surface area contributed by atoms with Crippen molar-refractivity contribution in [1.82, 2.24) is 4.98 Å². The molecule has 7 heteroatoms. The Morgan fingerprint density at radius 2 is 1.81 bits per heavy atom. The first-order valence-electron chi connectivity index (χ1n) is 7.98. The molecule has 0 bridgehead atoms. The molecule has 0 saturated heterocycles. The summed E-state index contributed by atoms with van der Waals surface area (Å²) >= 11 is 13.5. The van der Waals surface area contributed by atoms with Gasteiger partial charge in [-0.05, 0) is 42.8 Å². The number of nitrogens with zero attached hydrogens (tertiary/aromatic N) is 1. The van der Waals surface area contributed by atoms with Crippen molar-refractivity contribution in [2.45, 2.75) is 13.3 Å². The van der Waals surface area contributed by atoms with Gasteiger partial charge in [0.25, 0.3) is 0 Å². The van der Waals surface area contributed by atoms with Gasteiger partial charge in [0.05, 0.1) is 6.54 Å². The minimum Gasteiger partial charge on any atom is -0.376 e. The lowest BCUT2D eigenvalue weighted by molar-refractivity contribution is -0.114. The van der Waals surface area contributed by atoms with Gasteiger partial charge in [-0.1, -0.05) is 40.9 Å². The van der Waals surface area contributed by atoms with Crippen LogP contribution in [0.5, 0.6) is 0 Å². The molecule has 0 radical (unpaired) electrons. The maximum absolute atomic E-state index is 12.1. The first kappa shape index (κ1) is 18.7. The van der Waals surface area contributed by atoms with Gasteiger partial charge in [0.1, 0.15) is 0 Å². The highest BCUT2D eigenvalue weighted by molar-refractivity contribution is 7.15. The summed E-state index contributed by atoms with van der Waals surface area (Å²) in [6.07, 6.45) is 2.41. The SMILES string of the molecule is Cc1ccc(NCC(=O)Nc2ncc(Cc3cc(Cl)cc(Cl)c3)s2)cc1. The van der Waals surface area contributed by atoms with Crippen molar-refractivity contribution in [3.63, 3.8) is 0 Å². The summed E-state index contributed by atoms with van der Waals surface area (Å²) in [5.41, 5.74) is 3.09. The van der Waals surface area contributed by atoms with E-state index in [9.17, 15) is 4.79 Å². The van der Waals surface area contributed by atoms with Crippen molar-refractivity contribution >= 4 is 51.3 Å². The zero-order chi connectivity index (χ0) is 18.5. The molecule has 26 heavy (non-hydrogen) atoms. The van der Waals surface area contributed by atoms with Crippen LogP contribution in [0.2, 0.25) is 10.0 Å². The van der Waals surface area contributed by atoms with E-state index in [2.05, 4.69) is 15.6 Å². The first-order chi connectivity index (χ1) is 12.5. The van der Waals surface area contributed by atoms with E-state index < -0.39 is 0 Å². The smallest absolute Gasteiger partial charge is 0.245 e. The molecule has 134 valence electrons. The lowest BCUT2D eigenvalue weighted by atomic mass is 10.1. The second kappa shape index (κ2) is 8.54. The van der Waals surface area contributed by atoms with Crippen LogP contribution in [0.25, 0.3) is 0 Å². The number of aromatic nitrogens is 1. The number of nitrogens with one attached hydrogen (secondary N) is 2. The fourth-order valence-electron chi connectivity index (χ4n) is 2.38. The van der Waals surface area contributed by atoms with Crippen LogP contribution in [0.15, 0.2) is 48.7 Å². The van der Waals surface area contributed by atoms with Gasteiger partial charge < -0.3 is 10.6 Å². The molecule has 3 rings (SSSR count). The lowest BCUT2D eigenvalue weighted by Gasteiger charge is -2.06. The van der Waals surface area contributed by atoms with Gasteiger partial charge in [0.2, 0.25) is 5.91 Å². The molecule has 0 saturated carbocycles. The van der Waals surface area contributed by atoms with Gasteiger partial charge in [-0.2, -0.15) is 0 Å². The number of rotatable bonds is 6. The topological polar surface area (TPSA) is 54.0 Å². The third kappa shape index (κ3) is 5.46. The van der Waals surface area contributed by atoms with Gasteiger partial charge in [-0.25, -0.2) is 4.98 Å². The summed E-state index contributed by atoms with van der Waals surface area (Å²) in [6.45, 7) is 2.20. The second-order valence-corrected chi connectivity index (χ2v) is 7.84. The number of hydrogen-bond donors (Lipinski definition) is 2.